The average molecular weight is 194 g/mol. The van der Waals surface area contributed by atoms with E-state index in [9.17, 15) is 0 Å². The number of hydrogen-bond acceptors (Lipinski definition) is 3. The Kier molecular flexibility index (Phi) is 5.00. The van der Waals surface area contributed by atoms with E-state index in [-0.39, 0.29) is 0 Å². The Morgan fingerprint density at radius 1 is 1.50 bits per heavy atom. The lowest BCUT2D eigenvalue weighted by Gasteiger charge is -2.09. The highest BCUT2D eigenvalue weighted by atomic mass is 16.5. The summed E-state index contributed by atoms with van der Waals surface area (Å²) >= 11 is 0. The number of pyridine rings is 1. The van der Waals surface area contributed by atoms with Crippen LogP contribution in [0.4, 0.5) is 0 Å². The Morgan fingerprint density at radius 3 is 3.07 bits per heavy atom. The Labute approximate surface area is 85.5 Å². The molecule has 1 N–H and O–H groups in total. The molecule has 1 heterocycles. The molecule has 0 aliphatic heterocycles. The Hall–Kier alpha value is -1.09. The van der Waals surface area contributed by atoms with Gasteiger partial charge in [0.2, 0.25) is 0 Å². The normalized spacial score (nSPS) is 10.1. The molecule has 14 heavy (non-hydrogen) atoms. The first-order chi connectivity index (χ1) is 6.88. The summed E-state index contributed by atoms with van der Waals surface area (Å²) in [6.45, 7) is 3.75. The maximum atomic E-state index is 5.63. The van der Waals surface area contributed by atoms with Gasteiger partial charge in [0.15, 0.2) is 0 Å². The molecule has 0 spiro atoms. The van der Waals surface area contributed by atoms with Crippen LogP contribution in [0.5, 0.6) is 5.75 Å². The largest absolute Gasteiger partial charge is 0.492 e. The van der Waals surface area contributed by atoms with Gasteiger partial charge in [-0.2, -0.15) is 0 Å². The van der Waals surface area contributed by atoms with Gasteiger partial charge in [0.1, 0.15) is 5.75 Å². The lowest BCUT2D eigenvalue weighted by atomic mass is 10.2. The van der Waals surface area contributed by atoms with Crippen molar-refractivity contribution >= 4 is 0 Å². The van der Waals surface area contributed by atoms with Gasteiger partial charge >= 0.3 is 0 Å². The highest BCUT2D eigenvalue weighted by Crippen LogP contribution is 2.16. The smallest absolute Gasteiger partial charge is 0.142 e. The monoisotopic (exact) mass is 194 g/mol. The van der Waals surface area contributed by atoms with Crippen LogP contribution in [-0.4, -0.2) is 18.6 Å². The van der Waals surface area contributed by atoms with E-state index >= 15 is 0 Å². The molecule has 1 aromatic heterocycles. The first-order valence-electron chi connectivity index (χ1n) is 5.08. The number of unbranched alkanes of at least 4 members (excludes halogenated alkanes) is 1. The Morgan fingerprint density at radius 2 is 2.36 bits per heavy atom. The van der Waals surface area contributed by atoms with E-state index in [0.29, 0.717) is 0 Å². The van der Waals surface area contributed by atoms with Gasteiger partial charge in [0.05, 0.1) is 12.8 Å². The maximum absolute atomic E-state index is 5.63. The van der Waals surface area contributed by atoms with E-state index in [1.807, 2.05) is 13.1 Å². The molecule has 3 heteroatoms. The van der Waals surface area contributed by atoms with Gasteiger partial charge in [-0.05, 0) is 19.5 Å². The van der Waals surface area contributed by atoms with Gasteiger partial charge in [-0.15, -0.1) is 0 Å². The zero-order valence-electron chi connectivity index (χ0n) is 8.92. The van der Waals surface area contributed by atoms with Gasteiger partial charge in [0.25, 0.3) is 0 Å². The molecule has 0 aliphatic carbocycles. The molecule has 0 radical (unpaired) electrons. The van der Waals surface area contributed by atoms with Crippen LogP contribution in [0, 0.1) is 0 Å². The van der Waals surface area contributed by atoms with Crippen LogP contribution in [0.1, 0.15) is 25.3 Å². The molecule has 0 saturated carbocycles. The number of ether oxygens (including phenoxy) is 1. The van der Waals surface area contributed by atoms with Crippen molar-refractivity contribution in [1.82, 2.24) is 10.3 Å². The van der Waals surface area contributed by atoms with Crippen molar-refractivity contribution in [2.24, 2.45) is 0 Å². The molecule has 0 aliphatic rings. The maximum Gasteiger partial charge on any atom is 0.142 e. The summed E-state index contributed by atoms with van der Waals surface area (Å²) in [6.07, 6.45) is 5.82. The van der Waals surface area contributed by atoms with Crippen LogP contribution in [0.15, 0.2) is 18.5 Å². The highest BCUT2D eigenvalue weighted by molar-refractivity contribution is 5.29. The third-order valence-electron chi connectivity index (χ3n) is 1.99. The fraction of sp³-hybridized carbons (Fsp3) is 0.545. The SMILES string of the molecule is CCCCOc1cnccc1CNC. The van der Waals surface area contributed by atoms with Crippen molar-refractivity contribution in [3.05, 3.63) is 24.0 Å². The van der Waals surface area contributed by atoms with E-state index < -0.39 is 0 Å². The molecule has 0 bridgehead atoms. The fourth-order valence-corrected chi connectivity index (χ4v) is 1.20. The van der Waals surface area contributed by atoms with Crippen molar-refractivity contribution in [1.29, 1.82) is 0 Å². The number of rotatable bonds is 6. The van der Waals surface area contributed by atoms with Gasteiger partial charge < -0.3 is 10.1 Å². The van der Waals surface area contributed by atoms with Crippen molar-refractivity contribution in [2.45, 2.75) is 26.3 Å². The van der Waals surface area contributed by atoms with E-state index in [4.69, 9.17) is 4.74 Å². The van der Waals surface area contributed by atoms with Crippen LogP contribution in [0.3, 0.4) is 0 Å². The number of aromatic nitrogens is 1. The van der Waals surface area contributed by atoms with E-state index in [1.54, 1.807) is 12.4 Å². The topological polar surface area (TPSA) is 34.1 Å². The molecule has 0 saturated heterocycles. The zero-order chi connectivity index (χ0) is 10.2. The van der Waals surface area contributed by atoms with Crippen molar-refractivity contribution < 1.29 is 4.74 Å². The summed E-state index contributed by atoms with van der Waals surface area (Å²) in [6, 6.07) is 1.98. The predicted molar refractivity (Wildman–Crippen MR) is 57.4 cm³/mol. The minimum Gasteiger partial charge on any atom is -0.492 e. The standard InChI is InChI=1S/C11H18N2O/c1-3-4-7-14-11-9-13-6-5-10(11)8-12-2/h5-6,9,12H,3-4,7-8H2,1-2H3. The molecule has 3 nitrogen and oxygen atoms in total. The molecular weight excluding hydrogens is 176 g/mol. The minimum absolute atomic E-state index is 0.777. The summed E-state index contributed by atoms with van der Waals surface area (Å²) in [7, 11) is 1.93. The average Bonchev–Trinajstić information content (AvgIpc) is 2.21. The molecule has 0 amide bonds. The lowest BCUT2D eigenvalue weighted by Crippen LogP contribution is -2.08. The highest BCUT2D eigenvalue weighted by Gasteiger charge is 2.01. The van der Waals surface area contributed by atoms with Gasteiger partial charge in [-0.25, -0.2) is 0 Å². The van der Waals surface area contributed by atoms with Crippen LogP contribution in [-0.2, 0) is 6.54 Å². The zero-order valence-corrected chi connectivity index (χ0v) is 8.92. The van der Waals surface area contributed by atoms with Gasteiger partial charge in [0, 0.05) is 18.3 Å². The van der Waals surface area contributed by atoms with E-state index in [1.165, 1.54) is 5.56 Å². The second-order valence-electron chi connectivity index (χ2n) is 3.22. The second kappa shape index (κ2) is 6.38. The molecule has 0 fully saturated rings. The molecule has 78 valence electrons. The molecule has 1 aromatic rings. The first kappa shape index (κ1) is 11.0. The molecule has 0 atom stereocenters. The van der Waals surface area contributed by atoms with Crippen LogP contribution in [0.2, 0.25) is 0 Å². The van der Waals surface area contributed by atoms with Crippen LogP contribution < -0.4 is 10.1 Å². The lowest BCUT2D eigenvalue weighted by molar-refractivity contribution is 0.304. The Bertz CT molecular complexity index is 263. The van der Waals surface area contributed by atoms with Crippen LogP contribution in [0.25, 0.3) is 0 Å². The van der Waals surface area contributed by atoms with Crippen molar-refractivity contribution in [3.8, 4) is 5.75 Å². The third kappa shape index (κ3) is 3.34. The second-order valence-corrected chi connectivity index (χ2v) is 3.22. The molecule has 1 rings (SSSR count). The summed E-state index contributed by atoms with van der Waals surface area (Å²) in [5.41, 5.74) is 1.17. The Balaban J connectivity index is 2.55. The number of nitrogens with one attached hydrogen (secondary N) is 1. The number of nitrogens with zero attached hydrogens (tertiary/aromatic N) is 1. The third-order valence-corrected chi connectivity index (χ3v) is 1.99. The summed E-state index contributed by atoms with van der Waals surface area (Å²) in [4.78, 5) is 4.05. The van der Waals surface area contributed by atoms with Crippen molar-refractivity contribution in [3.63, 3.8) is 0 Å². The predicted octanol–water partition coefficient (Wildman–Crippen LogP) is 1.98. The molecule has 0 aromatic carbocycles. The van der Waals surface area contributed by atoms with Gasteiger partial charge in [-0.1, -0.05) is 13.3 Å². The summed E-state index contributed by atoms with van der Waals surface area (Å²) in [5, 5.41) is 3.11. The van der Waals surface area contributed by atoms with Crippen LogP contribution >= 0.6 is 0 Å². The first-order valence-corrected chi connectivity index (χ1v) is 5.08. The van der Waals surface area contributed by atoms with E-state index in [2.05, 4.69) is 17.2 Å². The fourth-order valence-electron chi connectivity index (χ4n) is 1.20. The summed E-state index contributed by atoms with van der Waals surface area (Å²) in [5.74, 6) is 0.898. The molecular formula is C11H18N2O. The minimum atomic E-state index is 0.777. The summed E-state index contributed by atoms with van der Waals surface area (Å²) < 4.78 is 5.63. The quantitative estimate of drug-likeness (QED) is 0.703. The van der Waals surface area contributed by atoms with Gasteiger partial charge in [-0.3, -0.25) is 4.98 Å². The van der Waals surface area contributed by atoms with E-state index in [0.717, 1.165) is 31.7 Å². The number of hydrogen-bond donors (Lipinski definition) is 1. The van der Waals surface area contributed by atoms with Crippen molar-refractivity contribution in [2.75, 3.05) is 13.7 Å². The molecule has 0 unspecified atom stereocenters.